The molecule has 0 aliphatic carbocycles. The summed E-state index contributed by atoms with van der Waals surface area (Å²) in [4.78, 5) is 16.1. The second-order valence-corrected chi connectivity index (χ2v) is 6.85. The number of amides is 1. The first-order valence-corrected chi connectivity index (χ1v) is 8.88. The summed E-state index contributed by atoms with van der Waals surface area (Å²) in [5.74, 6) is -1.32. The number of hydrogen-bond donors (Lipinski definition) is 2. The fraction of sp³-hybridized carbons (Fsp3) is 0.300. The van der Waals surface area contributed by atoms with Crippen LogP contribution in [0.1, 0.15) is 41.6 Å². The van der Waals surface area contributed by atoms with Crippen LogP contribution in [0.2, 0.25) is 0 Å². The minimum atomic E-state index is -4.56. The predicted molar refractivity (Wildman–Crippen MR) is 117 cm³/mol. The van der Waals surface area contributed by atoms with Crippen LogP contribution in [0, 0.1) is 0 Å². The van der Waals surface area contributed by atoms with Crippen LogP contribution in [0.5, 0.6) is 0 Å². The summed E-state index contributed by atoms with van der Waals surface area (Å²) < 4.78 is 41.0. The van der Waals surface area contributed by atoms with E-state index in [1.54, 1.807) is 26.0 Å². The molecule has 0 aliphatic rings. The molecule has 0 fully saturated rings. The first-order valence-electron chi connectivity index (χ1n) is 8.88. The lowest BCUT2D eigenvalue weighted by molar-refractivity contribution is -0.147. The van der Waals surface area contributed by atoms with Crippen molar-refractivity contribution in [1.29, 1.82) is 0 Å². The van der Waals surface area contributed by atoms with Crippen LogP contribution in [0.25, 0.3) is 11.0 Å². The SMILES string of the molecule is CC(C)n1c(C(F)(F)F)nc2cc(C(=O)NCCc3ccc(N)cc3)ccc21.Cl.Cl. The van der Waals surface area contributed by atoms with Crippen LogP contribution in [-0.2, 0) is 12.6 Å². The summed E-state index contributed by atoms with van der Waals surface area (Å²) in [6.07, 6.45) is -3.95. The van der Waals surface area contributed by atoms with Gasteiger partial charge in [0, 0.05) is 23.8 Å². The number of nitrogen functional groups attached to an aromatic ring is 1. The summed E-state index contributed by atoms with van der Waals surface area (Å²) in [6.45, 7) is 3.72. The zero-order valence-corrected chi connectivity index (χ0v) is 18.0. The van der Waals surface area contributed by atoms with Gasteiger partial charge in [-0.3, -0.25) is 4.79 Å². The van der Waals surface area contributed by atoms with Gasteiger partial charge in [0.2, 0.25) is 5.82 Å². The Labute approximate surface area is 184 Å². The molecule has 3 rings (SSSR count). The van der Waals surface area contributed by atoms with Crippen LogP contribution in [0.3, 0.4) is 0 Å². The van der Waals surface area contributed by atoms with Crippen LogP contribution in [-0.4, -0.2) is 22.0 Å². The van der Waals surface area contributed by atoms with Crippen molar-refractivity contribution in [2.24, 2.45) is 0 Å². The fourth-order valence-electron chi connectivity index (χ4n) is 3.07. The molecule has 5 nitrogen and oxygen atoms in total. The molecule has 0 bridgehead atoms. The second-order valence-electron chi connectivity index (χ2n) is 6.85. The molecule has 3 aromatic rings. The van der Waals surface area contributed by atoms with E-state index < -0.39 is 18.0 Å². The molecular weight excluding hydrogens is 440 g/mol. The largest absolute Gasteiger partial charge is 0.449 e. The van der Waals surface area contributed by atoms with Crippen molar-refractivity contribution in [3.63, 3.8) is 0 Å². The standard InChI is InChI=1S/C20H21F3N4O.2ClH/c1-12(2)27-17-8-5-14(11-16(17)26-19(27)20(21,22)23)18(28)25-10-9-13-3-6-15(24)7-4-13;;/h3-8,11-12H,9-10,24H2,1-2H3,(H,25,28);2*1H. The van der Waals surface area contributed by atoms with Gasteiger partial charge in [-0.15, -0.1) is 24.8 Å². The third-order valence-corrected chi connectivity index (χ3v) is 4.40. The van der Waals surface area contributed by atoms with Gasteiger partial charge in [-0.1, -0.05) is 12.1 Å². The van der Waals surface area contributed by atoms with Gasteiger partial charge in [-0.25, -0.2) is 4.98 Å². The van der Waals surface area contributed by atoms with E-state index in [2.05, 4.69) is 10.3 Å². The summed E-state index contributed by atoms with van der Waals surface area (Å²) in [6, 6.07) is 11.3. The quantitative estimate of drug-likeness (QED) is 0.521. The highest BCUT2D eigenvalue weighted by Gasteiger charge is 2.38. The molecule has 0 saturated carbocycles. The van der Waals surface area contributed by atoms with Crippen molar-refractivity contribution in [2.45, 2.75) is 32.5 Å². The summed E-state index contributed by atoms with van der Waals surface area (Å²) in [7, 11) is 0. The molecule has 3 N–H and O–H groups in total. The first-order chi connectivity index (χ1) is 13.2. The number of nitrogens with zero attached hydrogens (tertiary/aromatic N) is 2. The normalized spacial score (nSPS) is 11.1. The van der Waals surface area contributed by atoms with Crippen LogP contribution >= 0.6 is 24.8 Å². The molecule has 0 saturated heterocycles. The van der Waals surface area contributed by atoms with E-state index in [1.165, 1.54) is 18.2 Å². The number of anilines is 1. The number of nitrogens with one attached hydrogen (secondary N) is 1. The van der Waals surface area contributed by atoms with E-state index in [4.69, 9.17) is 5.73 Å². The highest BCUT2D eigenvalue weighted by molar-refractivity contribution is 5.97. The van der Waals surface area contributed by atoms with Gasteiger partial charge >= 0.3 is 6.18 Å². The van der Waals surface area contributed by atoms with Crippen molar-refractivity contribution < 1.29 is 18.0 Å². The lowest BCUT2D eigenvalue weighted by atomic mass is 10.1. The molecule has 2 aromatic carbocycles. The van der Waals surface area contributed by atoms with Gasteiger partial charge in [-0.05, 0) is 56.2 Å². The highest BCUT2D eigenvalue weighted by atomic mass is 35.5. The van der Waals surface area contributed by atoms with Crippen LogP contribution < -0.4 is 11.1 Å². The first kappa shape index (κ1) is 25.6. The number of rotatable bonds is 5. The lowest BCUT2D eigenvalue weighted by Gasteiger charge is -2.14. The van der Waals surface area contributed by atoms with Crippen LogP contribution in [0.4, 0.5) is 18.9 Å². The maximum Gasteiger partial charge on any atom is 0.449 e. The van der Waals surface area contributed by atoms with E-state index in [0.717, 1.165) is 10.1 Å². The van der Waals surface area contributed by atoms with Gasteiger partial charge < -0.3 is 15.6 Å². The van der Waals surface area contributed by atoms with Crippen molar-refractivity contribution >= 4 is 47.4 Å². The van der Waals surface area contributed by atoms with Crippen molar-refractivity contribution in [3.05, 3.63) is 59.4 Å². The van der Waals surface area contributed by atoms with E-state index >= 15 is 0 Å². The number of benzene rings is 2. The number of hydrogen-bond acceptors (Lipinski definition) is 3. The molecule has 10 heteroatoms. The maximum absolute atomic E-state index is 13.3. The Balaban J connectivity index is 0.00000225. The third kappa shape index (κ3) is 5.58. The minimum Gasteiger partial charge on any atom is -0.399 e. The smallest absolute Gasteiger partial charge is 0.399 e. The molecule has 0 unspecified atom stereocenters. The number of aromatic nitrogens is 2. The monoisotopic (exact) mass is 462 g/mol. The summed E-state index contributed by atoms with van der Waals surface area (Å²) >= 11 is 0. The highest BCUT2D eigenvalue weighted by Crippen LogP contribution is 2.33. The van der Waals surface area contributed by atoms with E-state index in [9.17, 15) is 18.0 Å². The second kappa shape index (κ2) is 10.0. The molecule has 1 amide bonds. The Morgan fingerprint density at radius 1 is 1.13 bits per heavy atom. The molecule has 30 heavy (non-hydrogen) atoms. The molecule has 0 atom stereocenters. The van der Waals surface area contributed by atoms with E-state index in [-0.39, 0.29) is 41.8 Å². The number of carbonyl (C=O) groups excluding carboxylic acids is 1. The van der Waals surface area contributed by atoms with E-state index in [0.29, 0.717) is 24.2 Å². The molecule has 0 aliphatic heterocycles. The summed E-state index contributed by atoms with van der Waals surface area (Å²) in [5, 5.41) is 2.77. The Bertz CT molecular complexity index is 1000. The van der Waals surface area contributed by atoms with Gasteiger partial charge in [0.25, 0.3) is 5.91 Å². The number of fused-ring (bicyclic) bond motifs is 1. The Morgan fingerprint density at radius 2 is 1.77 bits per heavy atom. The van der Waals surface area contributed by atoms with Crippen molar-refractivity contribution in [1.82, 2.24) is 14.9 Å². The van der Waals surface area contributed by atoms with E-state index in [1.807, 2.05) is 12.1 Å². The Hall–Kier alpha value is -2.45. The zero-order valence-electron chi connectivity index (χ0n) is 16.4. The van der Waals surface area contributed by atoms with Gasteiger partial charge in [0.1, 0.15) is 0 Å². The Kier molecular flexibility index (Phi) is 8.56. The number of carbonyl (C=O) groups is 1. The molecule has 1 aromatic heterocycles. The summed E-state index contributed by atoms with van der Waals surface area (Å²) in [5.41, 5.74) is 8.09. The molecule has 0 spiro atoms. The molecule has 164 valence electrons. The van der Waals surface area contributed by atoms with Crippen LogP contribution in [0.15, 0.2) is 42.5 Å². The molecule has 1 heterocycles. The average Bonchev–Trinajstić information content (AvgIpc) is 3.02. The Morgan fingerprint density at radius 3 is 2.33 bits per heavy atom. The number of alkyl halides is 3. The number of nitrogens with two attached hydrogens (primary N) is 1. The fourth-order valence-corrected chi connectivity index (χ4v) is 3.07. The number of halogens is 5. The number of imidazole rings is 1. The van der Waals surface area contributed by atoms with Gasteiger partial charge in [0.15, 0.2) is 0 Å². The maximum atomic E-state index is 13.3. The predicted octanol–water partition coefficient (Wildman–Crippen LogP) is 5.03. The molecule has 0 radical (unpaired) electrons. The third-order valence-electron chi connectivity index (χ3n) is 4.40. The van der Waals surface area contributed by atoms with Gasteiger partial charge in [-0.2, -0.15) is 13.2 Å². The molecular formula is C20H23Cl2F3N4O. The van der Waals surface area contributed by atoms with Crippen molar-refractivity contribution in [3.8, 4) is 0 Å². The average molecular weight is 463 g/mol. The topological polar surface area (TPSA) is 72.9 Å². The zero-order chi connectivity index (χ0) is 20.5. The minimum absolute atomic E-state index is 0. The lowest BCUT2D eigenvalue weighted by Crippen LogP contribution is -2.25. The van der Waals surface area contributed by atoms with Crippen molar-refractivity contribution in [2.75, 3.05) is 12.3 Å². The van der Waals surface area contributed by atoms with Gasteiger partial charge in [0.05, 0.1) is 11.0 Å².